The number of benzene rings is 1. The van der Waals surface area contributed by atoms with Gasteiger partial charge in [-0.25, -0.2) is 9.78 Å². The Morgan fingerprint density at radius 3 is 2.94 bits per heavy atom. The Morgan fingerprint density at radius 2 is 2.16 bits per heavy atom. The van der Waals surface area contributed by atoms with Gasteiger partial charge in [0.1, 0.15) is 16.3 Å². The van der Waals surface area contributed by atoms with Gasteiger partial charge in [0, 0.05) is 7.11 Å². The highest BCUT2D eigenvalue weighted by Crippen LogP contribution is 2.40. The van der Waals surface area contributed by atoms with Crippen LogP contribution in [0.4, 0.5) is 0 Å². The number of nitrogens with one attached hydrogen (secondary N) is 1. The van der Waals surface area contributed by atoms with E-state index < -0.39 is 11.5 Å². The van der Waals surface area contributed by atoms with E-state index in [2.05, 4.69) is 9.97 Å². The van der Waals surface area contributed by atoms with Crippen LogP contribution in [0.5, 0.6) is 11.5 Å². The summed E-state index contributed by atoms with van der Waals surface area (Å²) < 4.78 is 20.7. The monoisotopic (exact) mass is 482 g/mol. The number of nitrogens with zero attached hydrogens (tertiary/aromatic N) is 1. The van der Waals surface area contributed by atoms with Crippen molar-refractivity contribution in [1.29, 1.82) is 0 Å². The fourth-order valence-corrected chi connectivity index (χ4v) is 4.59. The summed E-state index contributed by atoms with van der Waals surface area (Å²) in [5.41, 5.74) is 0.747. The molecule has 0 bridgehead atoms. The van der Waals surface area contributed by atoms with Crippen LogP contribution >= 0.6 is 34.5 Å². The molecule has 0 aliphatic carbocycles. The summed E-state index contributed by atoms with van der Waals surface area (Å²) in [6.07, 6.45) is 1.60. The molecule has 8 nitrogen and oxygen atoms in total. The highest BCUT2D eigenvalue weighted by atomic mass is 35.5. The molecule has 4 rings (SSSR count). The fourth-order valence-electron chi connectivity index (χ4n) is 3.02. The maximum Gasteiger partial charge on any atom is 0.348 e. The van der Waals surface area contributed by atoms with E-state index in [1.807, 2.05) is 0 Å². The smallest absolute Gasteiger partial charge is 0.348 e. The number of aromatic nitrogens is 2. The zero-order valence-corrected chi connectivity index (χ0v) is 18.7. The molecular formula is C20H16Cl2N2O6S. The van der Waals surface area contributed by atoms with E-state index in [1.54, 1.807) is 25.1 Å². The summed E-state index contributed by atoms with van der Waals surface area (Å²) in [6, 6.07) is 3.38. The van der Waals surface area contributed by atoms with Crippen LogP contribution in [0.3, 0.4) is 0 Å². The lowest BCUT2D eigenvalue weighted by molar-refractivity contribution is 0.0393. The molecule has 0 unspecified atom stereocenters. The third-order valence-electron chi connectivity index (χ3n) is 4.48. The predicted molar refractivity (Wildman–Crippen MR) is 118 cm³/mol. The number of hydrogen-bond acceptors (Lipinski definition) is 8. The van der Waals surface area contributed by atoms with Crippen molar-refractivity contribution in [1.82, 2.24) is 9.97 Å². The molecule has 1 aromatic carbocycles. The largest absolute Gasteiger partial charge is 0.459 e. The summed E-state index contributed by atoms with van der Waals surface area (Å²) in [4.78, 5) is 32.8. The molecule has 1 aliphatic heterocycles. The number of thiophene rings is 1. The second-order valence-corrected chi connectivity index (χ2v) is 8.32. The molecule has 31 heavy (non-hydrogen) atoms. The Hall–Kier alpha value is -2.59. The normalized spacial score (nSPS) is 13.1. The van der Waals surface area contributed by atoms with Gasteiger partial charge >= 0.3 is 5.97 Å². The van der Waals surface area contributed by atoms with E-state index in [4.69, 9.17) is 42.1 Å². The van der Waals surface area contributed by atoms with Crippen LogP contribution in [-0.2, 0) is 9.47 Å². The number of hydrogen-bond donors (Lipinski definition) is 1. The average molecular weight is 483 g/mol. The lowest BCUT2D eigenvalue weighted by atomic mass is 10.2. The quantitative estimate of drug-likeness (QED) is 0.414. The van der Waals surface area contributed by atoms with Crippen LogP contribution in [0, 0.1) is 6.92 Å². The van der Waals surface area contributed by atoms with E-state index in [1.165, 1.54) is 7.11 Å². The van der Waals surface area contributed by atoms with Crippen molar-refractivity contribution >= 4 is 61.8 Å². The van der Waals surface area contributed by atoms with Crippen LogP contribution in [0.2, 0.25) is 5.02 Å². The van der Waals surface area contributed by atoms with E-state index in [-0.39, 0.29) is 30.9 Å². The van der Waals surface area contributed by atoms with Crippen LogP contribution in [0.25, 0.3) is 21.3 Å². The number of halogens is 2. The lowest BCUT2D eigenvalue weighted by Crippen LogP contribution is -2.11. The summed E-state index contributed by atoms with van der Waals surface area (Å²) in [6.45, 7) is 2.16. The molecule has 0 spiro atoms. The van der Waals surface area contributed by atoms with Crippen molar-refractivity contribution in [2.45, 2.75) is 6.92 Å². The molecule has 0 saturated carbocycles. The Morgan fingerprint density at radius 1 is 1.35 bits per heavy atom. The third-order valence-corrected chi connectivity index (χ3v) is 6.21. The molecule has 1 N–H and O–H groups in total. The number of fused-ring (bicyclic) bond motifs is 2. The van der Waals surface area contributed by atoms with Gasteiger partial charge in [-0.3, -0.25) is 4.79 Å². The van der Waals surface area contributed by atoms with Gasteiger partial charge in [-0.2, -0.15) is 0 Å². The van der Waals surface area contributed by atoms with Crippen LogP contribution in [0.1, 0.15) is 26.6 Å². The van der Waals surface area contributed by atoms with Gasteiger partial charge in [0.05, 0.1) is 22.0 Å². The summed E-state index contributed by atoms with van der Waals surface area (Å²) in [7, 11) is 1.51. The standard InChI is InChI=1S/C20H16Cl2N2O6S/c1-9-14-18(25)23-17(24-19(14)31-16(9)20(26)28-4-3-27-2)12(22)6-10-5-11(21)15-13(7-10)29-8-30-15/h5-7H,3-4,8H2,1-2H3,(H,23,24,25)/b12-6-. The summed E-state index contributed by atoms with van der Waals surface area (Å²) in [5.74, 6) is 0.608. The second-order valence-electron chi connectivity index (χ2n) is 6.51. The molecule has 1 aliphatic rings. The number of rotatable bonds is 6. The highest BCUT2D eigenvalue weighted by Gasteiger charge is 2.21. The molecule has 3 aromatic rings. The van der Waals surface area contributed by atoms with Gasteiger partial charge in [0.25, 0.3) is 5.56 Å². The van der Waals surface area contributed by atoms with Crippen molar-refractivity contribution in [3.05, 3.63) is 49.3 Å². The number of aromatic amines is 1. The maximum atomic E-state index is 12.7. The van der Waals surface area contributed by atoms with Gasteiger partial charge in [-0.05, 0) is 36.3 Å². The first-order valence-electron chi connectivity index (χ1n) is 9.05. The van der Waals surface area contributed by atoms with Gasteiger partial charge in [0.2, 0.25) is 6.79 Å². The van der Waals surface area contributed by atoms with Crippen molar-refractivity contribution in [2.75, 3.05) is 27.1 Å². The minimum atomic E-state index is -0.532. The van der Waals surface area contributed by atoms with Crippen molar-refractivity contribution < 1.29 is 23.7 Å². The number of carbonyl (C=O) groups is 1. The Labute approximate surface area is 190 Å². The average Bonchev–Trinajstić information content (AvgIpc) is 3.33. The number of carbonyl (C=O) groups excluding carboxylic acids is 1. The molecule has 0 fully saturated rings. The first kappa shape index (κ1) is 21.6. The molecular weight excluding hydrogens is 467 g/mol. The van der Waals surface area contributed by atoms with E-state index in [0.717, 1.165) is 11.3 Å². The van der Waals surface area contributed by atoms with E-state index in [9.17, 15) is 9.59 Å². The maximum absolute atomic E-state index is 12.7. The van der Waals surface area contributed by atoms with Crippen molar-refractivity contribution in [3.8, 4) is 11.5 Å². The molecule has 0 radical (unpaired) electrons. The minimum Gasteiger partial charge on any atom is -0.459 e. The molecule has 162 valence electrons. The molecule has 0 atom stereocenters. The SMILES string of the molecule is COCCOC(=O)c1sc2nc(/C(Cl)=C/c3cc(Cl)c4c(c3)OCO4)[nH]c(=O)c2c1C. The topological polar surface area (TPSA) is 99.7 Å². The first-order chi connectivity index (χ1) is 14.9. The molecule has 0 amide bonds. The van der Waals surface area contributed by atoms with E-state index in [0.29, 0.717) is 42.7 Å². The van der Waals surface area contributed by atoms with Crippen molar-refractivity contribution in [2.24, 2.45) is 0 Å². The third kappa shape index (κ3) is 4.27. The van der Waals surface area contributed by atoms with Crippen LogP contribution < -0.4 is 15.0 Å². The van der Waals surface area contributed by atoms with Gasteiger partial charge in [-0.1, -0.05) is 23.2 Å². The highest BCUT2D eigenvalue weighted by molar-refractivity contribution is 7.20. The van der Waals surface area contributed by atoms with E-state index >= 15 is 0 Å². The van der Waals surface area contributed by atoms with Crippen LogP contribution in [-0.4, -0.2) is 43.1 Å². The summed E-state index contributed by atoms with van der Waals surface area (Å²) >= 11 is 13.7. The van der Waals surface area contributed by atoms with Gasteiger partial charge < -0.3 is 23.9 Å². The fraction of sp³-hybridized carbons (Fsp3) is 0.250. The Balaban J connectivity index is 1.69. The number of H-pyrrole nitrogens is 1. The van der Waals surface area contributed by atoms with Gasteiger partial charge in [-0.15, -0.1) is 11.3 Å². The minimum absolute atomic E-state index is 0.0927. The van der Waals surface area contributed by atoms with Crippen molar-refractivity contribution in [3.63, 3.8) is 0 Å². The number of methoxy groups -OCH3 is 1. The zero-order chi connectivity index (χ0) is 22.1. The van der Waals surface area contributed by atoms with Crippen LogP contribution in [0.15, 0.2) is 16.9 Å². The molecule has 0 saturated heterocycles. The number of esters is 1. The first-order valence-corrected chi connectivity index (χ1v) is 10.6. The number of aryl methyl sites for hydroxylation is 1. The lowest BCUT2D eigenvalue weighted by Gasteiger charge is -2.03. The molecule has 11 heteroatoms. The number of ether oxygens (including phenoxy) is 4. The van der Waals surface area contributed by atoms with Gasteiger partial charge in [0.15, 0.2) is 17.3 Å². The Kier molecular flexibility index (Phi) is 6.19. The molecule has 3 heterocycles. The zero-order valence-electron chi connectivity index (χ0n) is 16.4. The Bertz CT molecular complexity index is 1270. The predicted octanol–water partition coefficient (Wildman–Crippen LogP) is 4.22. The second kappa shape index (κ2) is 8.88. The molecule has 2 aromatic heterocycles. The summed E-state index contributed by atoms with van der Waals surface area (Å²) in [5, 5.41) is 0.889.